The van der Waals surface area contributed by atoms with Crippen LogP contribution in [0.2, 0.25) is 0 Å². The molecule has 0 radical (unpaired) electrons. The Balaban J connectivity index is 2.44. The monoisotopic (exact) mass is 567 g/mol. The van der Waals surface area contributed by atoms with Gasteiger partial charge >= 0.3 is 6.09 Å². The number of amides is 3. The summed E-state index contributed by atoms with van der Waals surface area (Å²) < 4.78 is 5.44. The summed E-state index contributed by atoms with van der Waals surface area (Å²) in [5, 5.41) is 16.5. The number of benzene rings is 2. The second-order valence-electron chi connectivity index (χ2n) is 11.8. The molecule has 3 N–H and O–H groups in total. The lowest BCUT2D eigenvalue weighted by Crippen LogP contribution is -2.55. The van der Waals surface area contributed by atoms with Gasteiger partial charge in [0.15, 0.2) is 0 Å². The Morgan fingerprint density at radius 3 is 2.12 bits per heavy atom. The van der Waals surface area contributed by atoms with Crippen molar-refractivity contribution in [2.45, 2.75) is 104 Å². The first kappa shape index (κ1) is 33.7. The molecule has 0 aliphatic rings. The summed E-state index contributed by atoms with van der Waals surface area (Å²) >= 11 is 0. The molecule has 0 bridgehead atoms. The minimum atomic E-state index is -1.09. The molecule has 0 aromatic heterocycles. The zero-order chi connectivity index (χ0) is 30.4. The molecule has 0 spiro atoms. The van der Waals surface area contributed by atoms with Gasteiger partial charge in [0.2, 0.25) is 11.8 Å². The van der Waals surface area contributed by atoms with Crippen LogP contribution in [0.3, 0.4) is 0 Å². The number of hydrogen-bond donors (Lipinski definition) is 3. The molecule has 3 amide bonds. The zero-order valence-corrected chi connectivity index (χ0v) is 25.6. The van der Waals surface area contributed by atoms with Gasteiger partial charge in [-0.3, -0.25) is 9.59 Å². The van der Waals surface area contributed by atoms with Crippen LogP contribution in [0, 0.1) is 5.92 Å². The summed E-state index contributed by atoms with van der Waals surface area (Å²) in [6.45, 7) is 11.7. The summed E-state index contributed by atoms with van der Waals surface area (Å²) in [7, 11) is 0. The minimum Gasteiger partial charge on any atom is -0.508 e. The average molecular weight is 568 g/mol. The number of unbranched alkanes of at least 4 members (excludes halogenated alkanes) is 5. The quantitative estimate of drug-likeness (QED) is 0.213. The Labute approximate surface area is 245 Å². The number of ether oxygens (including phenoxy) is 1. The van der Waals surface area contributed by atoms with E-state index in [1.54, 1.807) is 39.0 Å². The van der Waals surface area contributed by atoms with Gasteiger partial charge in [0, 0.05) is 18.7 Å². The first-order valence-electron chi connectivity index (χ1n) is 14.8. The van der Waals surface area contributed by atoms with E-state index in [1.807, 2.05) is 44.2 Å². The number of hydrogen-bond acceptors (Lipinski definition) is 5. The van der Waals surface area contributed by atoms with Crippen LogP contribution < -0.4 is 10.6 Å². The lowest BCUT2D eigenvalue weighted by Gasteiger charge is -2.36. The summed E-state index contributed by atoms with van der Waals surface area (Å²) in [5.41, 5.74) is 0.511. The number of carbonyl (C=O) groups is 3. The Hall–Kier alpha value is -3.55. The molecular formula is C33H49N3O5. The highest BCUT2D eigenvalue weighted by molar-refractivity contribution is 5.92. The minimum absolute atomic E-state index is 0.0747. The number of alkyl carbamates (subject to hydrolysis) is 1. The third kappa shape index (κ3) is 11.5. The fourth-order valence-electron chi connectivity index (χ4n) is 4.61. The molecule has 0 aliphatic heterocycles. The molecule has 0 aliphatic carbocycles. The van der Waals surface area contributed by atoms with Crippen LogP contribution in [0.4, 0.5) is 4.79 Å². The van der Waals surface area contributed by atoms with Gasteiger partial charge in [-0.25, -0.2) is 4.79 Å². The van der Waals surface area contributed by atoms with Crippen LogP contribution in [0.5, 0.6) is 5.75 Å². The second-order valence-corrected chi connectivity index (χ2v) is 11.8. The van der Waals surface area contributed by atoms with E-state index in [1.165, 1.54) is 11.0 Å². The lowest BCUT2D eigenvalue weighted by atomic mass is 9.97. The third-order valence-corrected chi connectivity index (χ3v) is 6.74. The van der Waals surface area contributed by atoms with E-state index >= 15 is 0 Å². The molecule has 2 rings (SSSR count). The summed E-state index contributed by atoms with van der Waals surface area (Å²) in [6, 6.07) is 14.1. The maximum Gasteiger partial charge on any atom is 0.408 e. The van der Waals surface area contributed by atoms with Crippen molar-refractivity contribution in [3.63, 3.8) is 0 Å². The molecule has 226 valence electrons. The molecule has 2 unspecified atom stereocenters. The van der Waals surface area contributed by atoms with Gasteiger partial charge in [0.1, 0.15) is 23.4 Å². The molecule has 2 aromatic rings. The van der Waals surface area contributed by atoms with E-state index in [-0.39, 0.29) is 18.2 Å². The zero-order valence-electron chi connectivity index (χ0n) is 25.6. The van der Waals surface area contributed by atoms with Crippen LogP contribution in [0.25, 0.3) is 0 Å². The molecular weight excluding hydrogens is 518 g/mol. The predicted octanol–water partition coefficient (Wildman–Crippen LogP) is 6.49. The van der Waals surface area contributed by atoms with Gasteiger partial charge < -0.3 is 25.4 Å². The molecule has 0 saturated carbocycles. The van der Waals surface area contributed by atoms with E-state index in [2.05, 4.69) is 17.6 Å². The van der Waals surface area contributed by atoms with Crippen molar-refractivity contribution in [1.82, 2.24) is 15.5 Å². The highest BCUT2D eigenvalue weighted by atomic mass is 16.6. The first-order valence-corrected chi connectivity index (χ1v) is 14.8. The largest absolute Gasteiger partial charge is 0.508 e. The summed E-state index contributed by atoms with van der Waals surface area (Å²) in [5.74, 6) is -1.16. The highest BCUT2D eigenvalue weighted by Crippen LogP contribution is 2.31. The lowest BCUT2D eigenvalue weighted by molar-refractivity contribution is -0.143. The Bertz CT molecular complexity index is 1100. The molecule has 2 atom stereocenters. The van der Waals surface area contributed by atoms with Gasteiger partial charge in [-0.2, -0.15) is 0 Å². The molecule has 41 heavy (non-hydrogen) atoms. The van der Waals surface area contributed by atoms with Crippen LogP contribution in [-0.4, -0.2) is 46.1 Å². The van der Waals surface area contributed by atoms with Gasteiger partial charge in [0.05, 0.1) is 0 Å². The number of nitrogens with zero attached hydrogens (tertiary/aromatic N) is 1. The average Bonchev–Trinajstić information content (AvgIpc) is 2.91. The number of aromatic hydroxyl groups is 1. The third-order valence-electron chi connectivity index (χ3n) is 6.74. The van der Waals surface area contributed by atoms with Crippen molar-refractivity contribution in [2.24, 2.45) is 5.92 Å². The van der Waals surface area contributed by atoms with Crippen molar-refractivity contribution in [3.05, 3.63) is 65.7 Å². The van der Waals surface area contributed by atoms with E-state index in [9.17, 15) is 19.5 Å². The Kier molecular flexibility index (Phi) is 13.7. The fourth-order valence-corrected chi connectivity index (χ4v) is 4.61. The van der Waals surface area contributed by atoms with Crippen LogP contribution in [-0.2, 0) is 20.9 Å². The smallest absolute Gasteiger partial charge is 0.408 e. The van der Waals surface area contributed by atoms with Gasteiger partial charge in [0.25, 0.3) is 0 Å². The number of carbonyl (C=O) groups excluding carboxylic acids is 3. The normalized spacial score (nSPS) is 12.9. The number of nitrogens with one attached hydrogen (secondary N) is 2. The Morgan fingerprint density at radius 2 is 1.51 bits per heavy atom. The van der Waals surface area contributed by atoms with Gasteiger partial charge in [-0.1, -0.05) is 101 Å². The topological polar surface area (TPSA) is 108 Å². The molecule has 2 aromatic carbocycles. The molecule has 0 fully saturated rings. The summed E-state index contributed by atoms with van der Waals surface area (Å²) in [6.07, 6.45) is 5.31. The SMILES string of the molecule is CCCCCCCCN(C(=O)C(NC(=O)OC(C)(C)C)C(C)C)C(C(=O)NCc1ccccc1)c1ccccc1O. The number of rotatable bonds is 15. The van der Waals surface area contributed by atoms with Gasteiger partial charge in [-0.05, 0) is 44.7 Å². The van der Waals surface area contributed by atoms with Crippen molar-refractivity contribution in [1.29, 1.82) is 0 Å². The molecule has 0 saturated heterocycles. The molecule has 8 nitrogen and oxygen atoms in total. The Morgan fingerprint density at radius 1 is 0.902 bits per heavy atom. The van der Waals surface area contributed by atoms with E-state index in [0.717, 1.165) is 37.7 Å². The fraction of sp³-hybridized carbons (Fsp3) is 0.545. The van der Waals surface area contributed by atoms with Crippen molar-refractivity contribution in [2.75, 3.05) is 6.54 Å². The van der Waals surface area contributed by atoms with Crippen molar-refractivity contribution < 1.29 is 24.2 Å². The second kappa shape index (κ2) is 16.7. The highest BCUT2D eigenvalue weighted by Gasteiger charge is 2.38. The molecule has 8 heteroatoms. The van der Waals surface area contributed by atoms with Crippen molar-refractivity contribution >= 4 is 17.9 Å². The van der Waals surface area contributed by atoms with Gasteiger partial charge in [-0.15, -0.1) is 0 Å². The maximum atomic E-state index is 14.3. The predicted molar refractivity (Wildman–Crippen MR) is 162 cm³/mol. The first-order chi connectivity index (χ1) is 19.4. The maximum absolute atomic E-state index is 14.3. The van der Waals surface area contributed by atoms with Crippen LogP contribution in [0.15, 0.2) is 54.6 Å². The molecule has 0 heterocycles. The standard InChI is InChI=1S/C33H49N3O5/c1-7-8-9-10-11-17-22-36(31(39)28(24(2)3)35-32(40)41-33(4,5)6)29(26-20-15-16-21-27(26)37)30(38)34-23-25-18-13-12-14-19-25/h12-16,18-21,24,28-29,37H,7-11,17,22-23H2,1-6H3,(H,34,38)(H,35,40). The summed E-state index contributed by atoms with van der Waals surface area (Å²) in [4.78, 5) is 42.4. The van der Waals surface area contributed by atoms with Crippen LogP contribution >= 0.6 is 0 Å². The number of para-hydroxylation sites is 1. The number of phenols is 1. The van der Waals surface area contributed by atoms with E-state index in [0.29, 0.717) is 18.5 Å². The van der Waals surface area contributed by atoms with Crippen molar-refractivity contribution in [3.8, 4) is 5.75 Å². The van der Waals surface area contributed by atoms with Crippen LogP contribution in [0.1, 0.15) is 97.2 Å². The number of phenolic OH excluding ortho intramolecular Hbond substituents is 1. The van der Waals surface area contributed by atoms with E-state index in [4.69, 9.17) is 4.74 Å². The van der Waals surface area contributed by atoms with E-state index < -0.39 is 35.6 Å².